The van der Waals surface area contributed by atoms with Gasteiger partial charge in [0, 0.05) is 22.5 Å². The average Bonchev–Trinajstić information content (AvgIpc) is 2.60. The van der Waals surface area contributed by atoms with Gasteiger partial charge >= 0.3 is 0 Å². The van der Waals surface area contributed by atoms with Crippen LogP contribution in [0, 0.1) is 0 Å². The molecule has 0 radical (unpaired) electrons. The number of benzene rings is 2. The van der Waals surface area contributed by atoms with Crippen molar-refractivity contribution in [3.05, 3.63) is 48.0 Å². The molecule has 1 saturated heterocycles. The van der Waals surface area contributed by atoms with Gasteiger partial charge in [-0.2, -0.15) is 0 Å². The molecule has 0 unspecified atom stereocenters. The van der Waals surface area contributed by atoms with Gasteiger partial charge in [-0.05, 0) is 34.9 Å². The molecule has 2 aromatic carbocycles. The molecule has 0 amide bonds. The highest BCUT2D eigenvalue weighted by atomic mass is 32.2. The second-order valence-corrected chi connectivity index (χ2v) is 9.46. The highest BCUT2D eigenvalue weighted by Crippen LogP contribution is 2.42. The third kappa shape index (κ3) is 2.87. The third-order valence-electron chi connectivity index (χ3n) is 4.70. The molecule has 1 heterocycles. The summed E-state index contributed by atoms with van der Waals surface area (Å²) >= 11 is 1.61. The molecule has 122 valence electrons. The maximum Gasteiger partial charge on any atom is 0.168 e. The summed E-state index contributed by atoms with van der Waals surface area (Å²) in [7, 11) is -1.08. The van der Waals surface area contributed by atoms with Gasteiger partial charge in [0.1, 0.15) is 4.08 Å². The van der Waals surface area contributed by atoms with Crippen LogP contribution in [0.25, 0.3) is 10.8 Å². The number of hydrogen-bond acceptors (Lipinski definition) is 3. The van der Waals surface area contributed by atoms with Crippen LogP contribution in [-0.2, 0) is 15.6 Å². The molecule has 4 heteroatoms. The zero-order valence-electron chi connectivity index (χ0n) is 13.6. The quantitative estimate of drug-likeness (QED) is 0.817. The summed E-state index contributed by atoms with van der Waals surface area (Å²) in [5.41, 5.74) is 1.05. The minimum absolute atomic E-state index is 0.124. The van der Waals surface area contributed by atoms with Crippen molar-refractivity contribution >= 4 is 39.1 Å². The van der Waals surface area contributed by atoms with Crippen LogP contribution in [-0.4, -0.2) is 25.6 Å². The van der Waals surface area contributed by atoms with E-state index in [1.165, 1.54) is 0 Å². The molecule has 0 saturated carbocycles. The SMILES string of the molecule is CC[C@@]1(C(=O)[C@@H](C)c2cccc3ccccc23)SCCC[S@]1=O. The van der Waals surface area contributed by atoms with Crippen LogP contribution in [0.2, 0.25) is 0 Å². The molecule has 2 nitrogen and oxygen atoms in total. The number of ketones is 1. The molecule has 0 bridgehead atoms. The highest BCUT2D eigenvalue weighted by Gasteiger charge is 2.47. The lowest BCUT2D eigenvalue weighted by atomic mass is 9.89. The van der Waals surface area contributed by atoms with E-state index in [4.69, 9.17) is 0 Å². The third-order valence-corrected chi connectivity index (χ3v) is 8.95. The molecule has 0 N–H and O–H groups in total. The van der Waals surface area contributed by atoms with Gasteiger partial charge in [0.15, 0.2) is 5.78 Å². The molecule has 1 aliphatic heterocycles. The summed E-state index contributed by atoms with van der Waals surface area (Å²) in [5.74, 6) is 1.46. The number of carbonyl (C=O) groups is 1. The maximum atomic E-state index is 13.3. The zero-order valence-corrected chi connectivity index (χ0v) is 15.2. The van der Waals surface area contributed by atoms with Crippen molar-refractivity contribution in [3.8, 4) is 0 Å². The fourth-order valence-electron chi connectivity index (χ4n) is 3.38. The molecular formula is C19H22O2S2. The van der Waals surface area contributed by atoms with Crippen molar-refractivity contribution in [3.63, 3.8) is 0 Å². The van der Waals surface area contributed by atoms with Crippen LogP contribution in [0.15, 0.2) is 42.5 Å². The fourth-order valence-corrected chi connectivity index (χ4v) is 7.19. The van der Waals surface area contributed by atoms with Crippen molar-refractivity contribution in [2.75, 3.05) is 11.5 Å². The van der Waals surface area contributed by atoms with Crippen LogP contribution in [0.1, 0.15) is 38.2 Å². The average molecular weight is 347 g/mol. The number of fused-ring (bicyclic) bond motifs is 1. The Bertz CT molecular complexity index is 751. The standard InChI is InChI=1S/C19H22O2S2/c1-3-19(22-12-7-13-23(19)21)18(20)14(2)16-11-6-9-15-8-4-5-10-17(15)16/h4-6,8-11,14H,3,7,12-13H2,1-2H3/t14-,19+,23+/m0/s1. The van der Waals surface area contributed by atoms with Crippen LogP contribution < -0.4 is 0 Å². The number of thioether (sulfide) groups is 1. The van der Waals surface area contributed by atoms with Crippen molar-refractivity contribution in [1.82, 2.24) is 0 Å². The summed E-state index contributed by atoms with van der Waals surface area (Å²) in [6, 6.07) is 14.3. The molecule has 0 spiro atoms. The normalized spacial score (nSPS) is 26.1. The largest absolute Gasteiger partial charge is 0.296 e. The van der Waals surface area contributed by atoms with Gasteiger partial charge in [0.05, 0.1) is 0 Å². The molecule has 0 aliphatic carbocycles. The van der Waals surface area contributed by atoms with Crippen LogP contribution in [0.4, 0.5) is 0 Å². The lowest BCUT2D eigenvalue weighted by Gasteiger charge is -2.35. The van der Waals surface area contributed by atoms with E-state index >= 15 is 0 Å². The molecule has 2 aromatic rings. The van der Waals surface area contributed by atoms with E-state index in [-0.39, 0.29) is 11.7 Å². The first-order chi connectivity index (χ1) is 11.1. The minimum atomic E-state index is -1.08. The maximum absolute atomic E-state index is 13.3. The van der Waals surface area contributed by atoms with E-state index in [1.54, 1.807) is 11.8 Å². The predicted octanol–water partition coefficient (Wildman–Crippen LogP) is 4.50. The Hall–Kier alpha value is -1.13. The summed E-state index contributed by atoms with van der Waals surface area (Å²) in [6.07, 6.45) is 1.58. The summed E-state index contributed by atoms with van der Waals surface area (Å²) < 4.78 is 11.9. The molecule has 1 aliphatic rings. The first kappa shape index (κ1) is 16.7. The number of carbonyl (C=O) groups excluding carboxylic acids is 1. The Morgan fingerprint density at radius 3 is 2.74 bits per heavy atom. The van der Waals surface area contributed by atoms with E-state index < -0.39 is 14.9 Å². The van der Waals surface area contributed by atoms with Gasteiger partial charge in [0.25, 0.3) is 0 Å². The number of Topliss-reactive ketones (excluding diaryl/α,β-unsaturated/α-hetero) is 1. The topological polar surface area (TPSA) is 34.1 Å². The molecule has 0 aromatic heterocycles. The van der Waals surface area contributed by atoms with Gasteiger partial charge < -0.3 is 0 Å². The Morgan fingerprint density at radius 1 is 1.26 bits per heavy atom. The minimum Gasteiger partial charge on any atom is -0.296 e. The van der Waals surface area contributed by atoms with E-state index in [1.807, 2.05) is 38.1 Å². The fraction of sp³-hybridized carbons (Fsp3) is 0.421. The van der Waals surface area contributed by atoms with Gasteiger partial charge in [-0.15, -0.1) is 11.8 Å². The van der Waals surface area contributed by atoms with Gasteiger partial charge in [-0.25, -0.2) is 0 Å². The molecular weight excluding hydrogens is 324 g/mol. The van der Waals surface area contributed by atoms with Gasteiger partial charge in [-0.3, -0.25) is 9.00 Å². The monoisotopic (exact) mass is 346 g/mol. The second kappa shape index (κ2) is 6.78. The second-order valence-electron chi connectivity index (χ2n) is 6.01. The smallest absolute Gasteiger partial charge is 0.168 e. The van der Waals surface area contributed by atoms with Gasteiger partial charge in [0.2, 0.25) is 0 Å². The Morgan fingerprint density at radius 2 is 2.00 bits per heavy atom. The summed E-state index contributed by atoms with van der Waals surface area (Å²) in [6.45, 7) is 3.96. The first-order valence-electron chi connectivity index (χ1n) is 8.14. The molecule has 3 rings (SSSR count). The van der Waals surface area contributed by atoms with E-state index in [9.17, 15) is 9.00 Å². The lowest BCUT2D eigenvalue weighted by Crippen LogP contribution is -2.45. The van der Waals surface area contributed by atoms with Crippen molar-refractivity contribution < 1.29 is 9.00 Å². The Balaban J connectivity index is 2.02. The zero-order chi connectivity index (χ0) is 16.4. The number of rotatable bonds is 4. The Kier molecular flexibility index (Phi) is 4.93. The summed E-state index contributed by atoms with van der Waals surface area (Å²) in [4.78, 5) is 13.3. The molecule has 3 atom stereocenters. The van der Waals surface area contributed by atoms with Crippen LogP contribution in [0.3, 0.4) is 0 Å². The van der Waals surface area contributed by atoms with E-state index in [2.05, 4.69) is 18.2 Å². The lowest BCUT2D eigenvalue weighted by molar-refractivity contribution is -0.120. The summed E-state index contributed by atoms with van der Waals surface area (Å²) in [5, 5.41) is 2.27. The predicted molar refractivity (Wildman–Crippen MR) is 100 cm³/mol. The van der Waals surface area contributed by atoms with Crippen molar-refractivity contribution in [2.45, 2.75) is 36.7 Å². The highest BCUT2D eigenvalue weighted by molar-refractivity contribution is 8.14. The molecule has 23 heavy (non-hydrogen) atoms. The van der Waals surface area contributed by atoms with Crippen LogP contribution in [0.5, 0.6) is 0 Å². The first-order valence-corrected chi connectivity index (χ1v) is 10.4. The molecule has 1 fully saturated rings. The van der Waals surface area contributed by atoms with Crippen molar-refractivity contribution in [2.24, 2.45) is 0 Å². The van der Waals surface area contributed by atoms with Crippen LogP contribution >= 0.6 is 11.8 Å². The van der Waals surface area contributed by atoms with Gasteiger partial charge in [-0.1, -0.05) is 56.3 Å². The number of hydrogen-bond donors (Lipinski definition) is 0. The Labute approximate surface area is 144 Å². The van der Waals surface area contributed by atoms with E-state index in [0.717, 1.165) is 28.5 Å². The van der Waals surface area contributed by atoms with E-state index in [0.29, 0.717) is 12.2 Å². The van der Waals surface area contributed by atoms with Crippen molar-refractivity contribution in [1.29, 1.82) is 0 Å².